The third-order valence-electron chi connectivity index (χ3n) is 2.78. The molecule has 0 aromatic heterocycles. The SMILES string of the molecule is CCCN(CC(=O)O)C(=O)NCC(C)(C)S(C)(=O)=O. The monoisotopic (exact) mass is 294 g/mol. The van der Waals surface area contributed by atoms with Crippen molar-refractivity contribution in [3.63, 3.8) is 0 Å². The normalized spacial score (nSPS) is 12.0. The molecule has 0 saturated carbocycles. The quantitative estimate of drug-likeness (QED) is 0.703. The van der Waals surface area contributed by atoms with Crippen molar-refractivity contribution in [2.45, 2.75) is 31.9 Å². The molecular formula is C11H22N2O5S. The number of sulfone groups is 1. The Bertz CT molecular complexity index is 430. The lowest BCUT2D eigenvalue weighted by atomic mass is 10.2. The van der Waals surface area contributed by atoms with Gasteiger partial charge in [0.2, 0.25) is 0 Å². The molecule has 0 unspecified atom stereocenters. The van der Waals surface area contributed by atoms with Gasteiger partial charge in [-0.25, -0.2) is 13.2 Å². The molecule has 0 rings (SSSR count). The number of amides is 2. The van der Waals surface area contributed by atoms with E-state index in [1.54, 1.807) is 0 Å². The van der Waals surface area contributed by atoms with E-state index >= 15 is 0 Å². The molecule has 7 nitrogen and oxygen atoms in total. The molecule has 0 aromatic carbocycles. The Labute approximate surface area is 113 Å². The molecule has 0 aromatic rings. The largest absolute Gasteiger partial charge is 0.480 e. The molecule has 19 heavy (non-hydrogen) atoms. The number of carboxylic acids is 1. The van der Waals surface area contributed by atoms with Crippen LogP contribution in [0, 0.1) is 0 Å². The molecule has 0 saturated heterocycles. The number of hydrogen-bond acceptors (Lipinski definition) is 4. The predicted molar refractivity (Wildman–Crippen MR) is 71.8 cm³/mol. The van der Waals surface area contributed by atoms with Crippen molar-refractivity contribution < 1.29 is 23.1 Å². The van der Waals surface area contributed by atoms with Gasteiger partial charge in [-0.1, -0.05) is 6.92 Å². The maximum Gasteiger partial charge on any atom is 0.323 e. The maximum absolute atomic E-state index is 11.8. The van der Waals surface area contributed by atoms with Gasteiger partial charge in [0.25, 0.3) is 0 Å². The fourth-order valence-electron chi connectivity index (χ4n) is 1.22. The third kappa shape index (κ3) is 5.91. The Hall–Kier alpha value is -1.31. The van der Waals surface area contributed by atoms with Crippen LogP contribution in [-0.4, -0.2) is 61.1 Å². The van der Waals surface area contributed by atoms with E-state index < -0.39 is 33.1 Å². The standard InChI is InChI=1S/C11H22N2O5S/c1-5-6-13(7-9(14)15)10(16)12-8-11(2,3)19(4,17)18/h5-8H2,1-4H3,(H,12,16)(H,14,15). The number of nitrogens with zero attached hydrogens (tertiary/aromatic N) is 1. The van der Waals surface area contributed by atoms with Crippen molar-refractivity contribution in [2.24, 2.45) is 0 Å². The fourth-order valence-corrected chi connectivity index (χ4v) is 1.55. The first kappa shape index (κ1) is 17.7. The lowest BCUT2D eigenvalue weighted by molar-refractivity contribution is -0.137. The lowest BCUT2D eigenvalue weighted by Gasteiger charge is -2.26. The Morgan fingerprint density at radius 2 is 1.84 bits per heavy atom. The van der Waals surface area contributed by atoms with Crippen molar-refractivity contribution in [3.8, 4) is 0 Å². The highest BCUT2D eigenvalue weighted by Gasteiger charge is 2.31. The second kappa shape index (κ2) is 6.74. The second-order valence-corrected chi connectivity index (χ2v) is 7.66. The van der Waals surface area contributed by atoms with Crippen molar-refractivity contribution in [1.82, 2.24) is 10.2 Å². The number of nitrogens with one attached hydrogen (secondary N) is 1. The van der Waals surface area contributed by atoms with Crippen LogP contribution in [0.4, 0.5) is 4.79 Å². The van der Waals surface area contributed by atoms with Crippen LogP contribution in [0.25, 0.3) is 0 Å². The van der Waals surface area contributed by atoms with E-state index in [2.05, 4.69) is 5.32 Å². The van der Waals surface area contributed by atoms with Crippen LogP contribution in [-0.2, 0) is 14.6 Å². The van der Waals surface area contributed by atoms with Crippen molar-refractivity contribution in [1.29, 1.82) is 0 Å². The Morgan fingerprint density at radius 3 is 2.21 bits per heavy atom. The summed E-state index contributed by atoms with van der Waals surface area (Å²) in [6.45, 7) is 4.66. The number of carboxylic acid groups (broad SMARTS) is 1. The van der Waals surface area contributed by atoms with Gasteiger partial charge in [0.1, 0.15) is 6.54 Å². The van der Waals surface area contributed by atoms with E-state index in [9.17, 15) is 18.0 Å². The molecule has 0 spiro atoms. The van der Waals surface area contributed by atoms with Crippen LogP contribution in [0.2, 0.25) is 0 Å². The summed E-state index contributed by atoms with van der Waals surface area (Å²) in [7, 11) is -3.31. The van der Waals surface area contributed by atoms with Crippen LogP contribution in [0.1, 0.15) is 27.2 Å². The molecule has 8 heteroatoms. The zero-order valence-electron chi connectivity index (χ0n) is 11.8. The average molecular weight is 294 g/mol. The van der Waals surface area contributed by atoms with Gasteiger partial charge in [0, 0.05) is 19.3 Å². The van der Waals surface area contributed by atoms with E-state index in [1.165, 1.54) is 13.8 Å². The summed E-state index contributed by atoms with van der Waals surface area (Å²) in [5, 5.41) is 11.2. The van der Waals surface area contributed by atoms with E-state index in [0.29, 0.717) is 13.0 Å². The van der Waals surface area contributed by atoms with Gasteiger partial charge in [-0.15, -0.1) is 0 Å². The zero-order chi connectivity index (χ0) is 15.3. The summed E-state index contributed by atoms with van der Waals surface area (Å²) in [6.07, 6.45) is 1.72. The molecule has 2 amide bonds. The van der Waals surface area contributed by atoms with Gasteiger partial charge in [0.05, 0.1) is 4.75 Å². The van der Waals surface area contributed by atoms with E-state index in [0.717, 1.165) is 11.2 Å². The molecule has 112 valence electrons. The van der Waals surface area contributed by atoms with Crippen LogP contribution >= 0.6 is 0 Å². The Kier molecular flexibility index (Phi) is 6.28. The first-order valence-electron chi connectivity index (χ1n) is 5.95. The molecule has 0 heterocycles. The minimum Gasteiger partial charge on any atom is -0.480 e. The Balaban J connectivity index is 4.62. The smallest absolute Gasteiger partial charge is 0.323 e. The summed E-state index contributed by atoms with van der Waals surface area (Å²) in [6, 6.07) is -0.569. The molecule has 0 fully saturated rings. The molecule has 0 aliphatic rings. The summed E-state index contributed by atoms with van der Waals surface area (Å²) in [5.74, 6) is -1.11. The zero-order valence-corrected chi connectivity index (χ0v) is 12.6. The van der Waals surface area contributed by atoms with Crippen LogP contribution in [0.15, 0.2) is 0 Å². The highest BCUT2D eigenvalue weighted by atomic mass is 32.2. The van der Waals surface area contributed by atoms with Gasteiger partial charge in [-0.3, -0.25) is 4.79 Å². The summed E-state index contributed by atoms with van der Waals surface area (Å²) >= 11 is 0. The second-order valence-electron chi connectivity index (χ2n) is 5.01. The number of rotatable bonds is 7. The number of carbonyl (C=O) groups excluding carboxylic acids is 1. The molecule has 0 atom stereocenters. The molecular weight excluding hydrogens is 272 g/mol. The molecule has 2 N–H and O–H groups in total. The highest BCUT2D eigenvalue weighted by molar-refractivity contribution is 7.92. The van der Waals surface area contributed by atoms with Gasteiger partial charge >= 0.3 is 12.0 Å². The fraction of sp³-hybridized carbons (Fsp3) is 0.818. The first-order valence-corrected chi connectivity index (χ1v) is 7.84. The summed E-state index contributed by atoms with van der Waals surface area (Å²) < 4.78 is 21.9. The summed E-state index contributed by atoms with van der Waals surface area (Å²) in [4.78, 5) is 23.6. The number of hydrogen-bond donors (Lipinski definition) is 2. The van der Waals surface area contributed by atoms with E-state index in [-0.39, 0.29) is 6.54 Å². The predicted octanol–water partition coefficient (Wildman–Crippen LogP) is 0.316. The molecule has 0 bridgehead atoms. The Morgan fingerprint density at radius 1 is 1.32 bits per heavy atom. The molecule has 0 radical (unpaired) electrons. The van der Waals surface area contributed by atoms with Crippen LogP contribution < -0.4 is 5.32 Å². The van der Waals surface area contributed by atoms with Gasteiger partial charge in [-0.05, 0) is 20.3 Å². The van der Waals surface area contributed by atoms with Crippen LogP contribution in [0.3, 0.4) is 0 Å². The topological polar surface area (TPSA) is 104 Å². The average Bonchev–Trinajstić information content (AvgIpc) is 2.23. The van der Waals surface area contributed by atoms with Crippen molar-refractivity contribution in [3.05, 3.63) is 0 Å². The number of urea groups is 1. The van der Waals surface area contributed by atoms with Crippen LogP contribution in [0.5, 0.6) is 0 Å². The lowest BCUT2D eigenvalue weighted by Crippen LogP contribution is -2.49. The summed E-state index contributed by atoms with van der Waals surface area (Å²) in [5.41, 5.74) is 0. The van der Waals surface area contributed by atoms with Gasteiger partial charge in [0.15, 0.2) is 9.84 Å². The van der Waals surface area contributed by atoms with Crippen molar-refractivity contribution in [2.75, 3.05) is 25.9 Å². The minimum absolute atomic E-state index is 0.0650. The van der Waals surface area contributed by atoms with Gasteiger partial charge in [-0.2, -0.15) is 0 Å². The minimum atomic E-state index is -3.31. The molecule has 0 aliphatic heterocycles. The van der Waals surface area contributed by atoms with E-state index in [4.69, 9.17) is 5.11 Å². The van der Waals surface area contributed by atoms with Crippen molar-refractivity contribution >= 4 is 21.8 Å². The van der Waals surface area contributed by atoms with E-state index in [1.807, 2.05) is 6.92 Å². The number of aliphatic carboxylic acids is 1. The van der Waals surface area contributed by atoms with Gasteiger partial charge < -0.3 is 15.3 Å². The highest BCUT2D eigenvalue weighted by Crippen LogP contribution is 2.13. The maximum atomic E-state index is 11.8. The third-order valence-corrected chi connectivity index (χ3v) is 4.93. The number of carbonyl (C=O) groups is 2. The molecule has 0 aliphatic carbocycles. The first-order chi connectivity index (χ1) is 8.51.